The summed E-state index contributed by atoms with van der Waals surface area (Å²) < 4.78 is 14.2. The molecule has 1 aromatic carbocycles. The summed E-state index contributed by atoms with van der Waals surface area (Å²) in [6.45, 7) is 17.8. The van der Waals surface area contributed by atoms with Crippen LogP contribution in [-0.4, -0.2) is 22.0 Å². The third-order valence-electron chi connectivity index (χ3n) is 6.24. The van der Waals surface area contributed by atoms with Crippen molar-refractivity contribution in [1.82, 2.24) is 0 Å². The van der Waals surface area contributed by atoms with E-state index in [9.17, 15) is 4.39 Å². The monoisotopic (exact) mass is 338 g/mol. The largest absolute Gasteiger partial charge is 0.230 e. The normalized spacial score (nSPS) is 14.1. The van der Waals surface area contributed by atoms with E-state index in [-0.39, 0.29) is 11.7 Å². The van der Waals surface area contributed by atoms with Gasteiger partial charge in [-0.05, 0) is 45.6 Å². The fourth-order valence-corrected chi connectivity index (χ4v) is 8.25. The average Bonchev–Trinajstić information content (AvgIpc) is 2.43. The Hall–Kier alpha value is -0.940. The Balaban J connectivity index is 3.44. The Morgan fingerprint density at radius 3 is 1.70 bits per heavy atom. The first kappa shape index (κ1) is 20.1. The standard InChI is InChI=1S/C21H35FS/c1-15(2)20-11-10-19(14-21(20)22)12-13-23(9,16(3)4,17(5)6)18(7)8/h10-11,14-18,23H,1-9H3. The lowest BCUT2D eigenvalue weighted by Gasteiger charge is -2.64. The van der Waals surface area contributed by atoms with Gasteiger partial charge < -0.3 is 0 Å². The summed E-state index contributed by atoms with van der Waals surface area (Å²) >= 11 is 0. The van der Waals surface area contributed by atoms with Gasteiger partial charge in [-0.2, -0.15) is 0 Å². The minimum atomic E-state index is -2.24. The molecule has 0 aliphatic heterocycles. The molecule has 0 fully saturated rings. The molecule has 1 aromatic rings. The van der Waals surface area contributed by atoms with Crippen LogP contribution in [0, 0.1) is 17.0 Å². The molecule has 0 saturated carbocycles. The molecule has 0 bridgehead atoms. The van der Waals surface area contributed by atoms with Crippen LogP contribution in [0.2, 0.25) is 0 Å². The molecule has 0 amide bonds. The van der Waals surface area contributed by atoms with Gasteiger partial charge >= 0.3 is 0 Å². The molecule has 0 N–H and O–H groups in total. The Morgan fingerprint density at radius 1 is 0.870 bits per heavy atom. The van der Waals surface area contributed by atoms with E-state index in [1.54, 1.807) is 6.07 Å². The molecule has 0 heterocycles. The maximum absolute atomic E-state index is 14.2. The van der Waals surface area contributed by atoms with Crippen LogP contribution in [0.15, 0.2) is 18.2 Å². The van der Waals surface area contributed by atoms with Crippen LogP contribution >= 0.6 is 9.16 Å². The second kappa shape index (κ2) is 6.89. The zero-order chi connectivity index (χ0) is 18.0. The Morgan fingerprint density at radius 2 is 1.35 bits per heavy atom. The number of halogens is 1. The van der Waals surface area contributed by atoms with E-state index in [4.69, 9.17) is 0 Å². The molecule has 0 nitrogen and oxygen atoms in total. The summed E-state index contributed by atoms with van der Waals surface area (Å²) in [6, 6.07) is 5.45. The van der Waals surface area contributed by atoms with Crippen LogP contribution in [0.1, 0.15) is 72.4 Å². The van der Waals surface area contributed by atoms with E-state index in [2.05, 4.69) is 59.0 Å². The van der Waals surface area contributed by atoms with Crippen molar-refractivity contribution in [1.29, 1.82) is 0 Å². The smallest absolute Gasteiger partial charge is 0.127 e. The Labute approximate surface area is 143 Å². The van der Waals surface area contributed by atoms with E-state index in [0.717, 1.165) is 11.1 Å². The van der Waals surface area contributed by atoms with Gasteiger partial charge in [0, 0.05) is 5.56 Å². The van der Waals surface area contributed by atoms with Crippen LogP contribution < -0.4 is 0 Å². The highest BCUT2D eigenvalue weighted by atomic mass is 32.3. The number of rotatable bonds is 4. The predicted molar refractivity (Wildman–Crippen MR) is 108 cm³/mol. The lowest BCUT2D eigenvalue weighted by atomic mass is 10.0. The van der Waals surface area contributed by atoms with E-state index < -0.39 is 9.16 Å². The molecular formula is C21H35FS. The van der Waals surface area contributed by atoms with Crippen molar-refractivity contribution in [2.24, 2.45) is 0 Å². The van der Waals surface area contributed by atoms with Gasteiger partial charge in [-0.1, -0.05) is 72.6 Å². The fourth-order valence-electron chi connectivity index (χ4n) is 3.47. The summed E-state index contributed by atoms with van der Waals surface area (Å²) in [6.07, 6.45) is 2.41. The quantitative estimate of drug-likeness (QED) is 0.491. The van der Waals surface area contributed by atoms with Crippen LogP contribution in [0.5, 0.6) is 0 Å². The molecule has 1 rings (SSSR count). The van der Waals surface area contributed by atoms with Crippen LogP contribution in [-0.2, 0) is 0 Å². The molecule has 0 atom stereocenters. The van der Waals surface area contributed by atoms with E-state index in [1.807, 2.05) is 26.0 Å². The summed E-state index contributed by atoms with van der Waals surface area (Å²) in [7, 11) is -2.24. The topological polar surface area (TPSA) is 0 Å². The first-order chi connectivity index (χ1) is 10.4. The average molecular weight is 339 g/mol. The number of benzene rings is 1. The molecule has 0 spiro atoms. The van der Waals surface area contributed by atoms with Gasteiger partial charge in [-0.25, -0.2) is 13.6 Å². The molecule has 0 aliphatic rings. The maximum Gasteiger partial charge on any atom is 0.127 e. The lowest BCUT2D eigenvalue weighted by Crippen LogP contribution is -2.39. The first-order valence-electron chi connectivity index (χ1n) is 8.78. The number of hydrogen-bond acceptors (Lipinski definition) is 0. The SMILES string of the molecule is CC(C)c1ccc(C#C[SH](C)(C(C)C)(C(C)C)C(C)C)cc1F. The zero-order valence-electron chi connectivity index (χ0n) is 16.4. The van der Waals surface area contributed by atoms with Crippen molar-refractivity contribution >= 4 is 9.16 Å². The third-order valence-corrected chi connectivity index (χ3v) is 15.2. The number of hydrogen-bond donors (Lipinski definition) is 1. The van der Waals surface area contributed by atoms with E-state index >= 15 is 0 Å². The highest BCUT2D eigenvalue weighted by Crippen LogP contribution is 2.75. The zero-order valence-corrected chi connectivity index (χ0v) is 17.3. The third kappa shape index (κ3) is 3.45. The van der Waals surface area contributed by atoms with E-state index in [0.29, 0.717) is 15.7 Å². The van der Waals surface area contributed by atoms with Crippen molar-refractivity contribution in [2.45, 2.75) is 77.1 Å². The summed E-state index contributed by atoms with van der Waals surface area (Å²) in [4.78, 5) is 0. The predicted octanol–water partition coefficient (Wildman–Crippen LogP) is 6.19. The Bertz CT molecular complexity index is 590. The summed E-state index contributed by atoms with van der Waals surface area (Å²) in [5, 5.41) is 5.32. The maximum atomic E-state index is 14.2. The first-order valence-corrected chi connectivity index (χ1v) is 11.7. The van der Waals surface area contributed by atoms with Gasteiger partial charge in [0.25, 0.3) is 0 Å². The lowest BCUT2D eigenvalue weighted by molar-refractivity contribution is 0.598. The molecule has 2 heteroatoms. The summed E-state index contributed by atoms with van der Waals surface area (Å²) in [5.41, 5.74) is 1.56. The van der Waals surface area contributed by atoms with Gasteiger partial charge in [-0.3, -0.25) is 0 Å². The minimum Gasteiger partial charge on any atom is -0.230 e. The highest BCUT2D eigenvalue weighted by molar-refractivity contribution is 8.53. The van der Waals surface area contributed by atoms with Crippen molar-refractivity contribution in [3.8, 4) is 11.2 Å². The second-order valence-corrected chi connectivity index (χ2v) is 15.2. The van der Waals surface area contributed by atoms with Gasteiger partial charge in [0.1, 0.15) is 5.82 Å². The Kier molecular flexibility index (Phi) is 6.03. The van der Waals surface area contributed by atoms with Gasteiger partial charge in [0.2, 0.25) is 0 Å². The van der Waals surface area contributed by atoms with Crippen molar-refractivity contribution in [3.63, 3.8) is 0 Å². The molecule has 0 aromatic heterocycles. The highest BCUT2D eigenvalue weighted by Gasteiger charge is 2.44. The molecular weight excluding hydrogens is 303 g/mol. The molecule has 0 saturated heterocycles. The van der Waals surface area contributed by atoms with Crippen molar-refractivity contribution in [3.05, 3.63) is 35.1 Å². The molecule has 132 valence electrons. The molecule has 0 radical (unpaired) electrons. The minimum absolute atomic E-state index is 0.137. The molecule has 23 heavy (non-hydrogen) atoms. The second-order valence-electron chi connectivity index (χ2n) is 8.24. The van der Waals surface area contributed by atoms with Crippen LogP contribution in [0.25, 0.3) is 0 Å². The van der Waals surface area contributed by atoms with Gasteiger partial charge in [-0.15, -0.1) is 0 Å². The van der Waals surface area contributed by atoms with Crippen molar-refractivity contribution < 1.29 is 4.39 Å². The van der Waals surface area contributed by atoms with Crippen molar-refractivity contribution in [2.75, 3.05) is 6.26 Å². The fraction of sp³-hybridized carbons (Fsp3) is 0.619. The van der Waals surface area contributed by atoms with Gasteiger partial charge in [0.05, 0.1) is 0 Å². The molecule has 0 aliphatic carbocycles. The van der Waals surface area contributed by atoms with Crippen LogP contribution in [0.4, 0.5) is 4.39 Å². The molecule has 0 unspecified atom stereocenters. The van der Waals surface area contributed by atoms with E-state index in [1.165, 1.54) is 0 Å². The number of thiol groups is 1. The summed E-state index contributed by atoms with van der Waals surface area (Å²) in [5.74, 6) is 3.41. The van der Waals surface area contributed by atoms with Gasteiger partial charge in [0.15, 0.2) is 0 Å². The van der Waals surface area contributed by atoms with Crippen LogP contribution in [0.3, 0.4) is 0 Å².